The molecule has 1 aliphatic rings. The van der Waals surface area contributed by atoms with Gasteiger partial charge in [-0.15, -0.1) is 0 Å². The van der Waals surface area contributed by atoms with Crippen molar-refractivity contribution in [3.63, 3.8) is 0 Å². The van der Waals surface area contributed by atoms with Gasteiger partial charge in [0, 0.05) is 12.4 Å². The summed E-state index contributed by atoms with van der Waals surface area (Å²) in [6.45, 7) is 0.144. The Morgan fingerprint density at radius 1 is 0.955 bits per heavy atom. The molecular formula is C16H10ClN3O2. The van der Waals surface area contributed by atoms with Gasteiger partial charge in [-0.2, -0.15) is 0 Å². The molecule has 3 aromatic rings. The minimum Gasteiger partial charge on any atom is -0.305 e. The Labute approximate surface area is 130 Å². The molecule has 0 atom stereocenters. The van der Waals surface area contributed by atoms with Gasteiger partial charge in [-0.1, -0.05) is 23.7 Å². The number of pyridine rings is 1. The lowest BCUT2D eigenvalue weighted by Gasteiger charge is -2.11. The van der Waals surface area contributed by atoms with Crippen LogP contribution in [0.25, 0.3) is 5.65 Å². The van der Waals surface area contributed by atoms with E-state index >= 15 is 0 Å². The van der Waals surface area contributed by atoms with E-state index in [2.05, 4.69) is 4.98 Å². The van der Waals surface area contributed by atoms with E-state index in [0.29, 0.717) is 21.8 Å². The maximum Gasteiger partial charge on any atom is 0.261 e. The molecule has 3 heterocycles. The number of aromatic nitrogens is 2. The summed E-state index contributed by atoms with van der Waals surface area (Å²) in [6.07, 6.45) is 3.50. The second-order valence-electron chi connectivity index (χ2n) is 5.09. The number of carbonyl (C=O) groups is 2. The van der Waals surface area contributed by atoms with Crippen LogP contribution in [0, 0.1) is 0 Å². The first-order valence-corrected chi connectivity index (χ1v) is 7.09. The number of imide groups is 1. The largest absolute Gasteiger partial charge is 0.305 e. The molecule has 1 aliphatic heterocycles. The number of benzene rings is 1. The zero-order chi connectivity index (χ0) is 15.3. The molecule has 0 saturated carbocycles. The second-order valence-corrected chi connectivity index (χ2v) is 5.52. The van der Waals surface area contributed by atoms with Gasteiger partial charge in [0.25, 0.3) is 11.8 Å². The summed E-state index contributed by atoms with van der Waals surface area (Å²) >= 11 is 5.94. The van der Waals surface area contributed by atoms with Gasteiger partial charge in [0.1, 0.15) is 5.65 Å². The fraction of sp³-hybridized carbons (Fsp3) is 0.0625. The van der Waals surface area contributed by atoms with E-state index in [1.54, 1.807) is 53.2 Å². The standard InChI is InChI=1S/C16H10ClN3O2/c17-10-5-6-14-18-11(8-19(14)7-10)9-20-15(21)12-3-1-2-4-13(12)16(20)22/h1-8H,9H2. The Hall–Kier alpha value is -2.66. The third kappa shape index (κ3) is 1.90. The lowest BCUT2D eigenvalue weighted by Crippen LogP contribution is -2.29. The molecule has 0 unspecified atom stereocenters. The Morgan fingerprint density at radius 2 is 1.64 bits per heavy atom. The van der Waals surface area contributed by atoms with E-state index in [9.17, 15) is 9.59 Å². The third-order valence-electron chi connectivity index (χ3n) is 3.66. The van der Waals surface area contributed by atoms with Crippen molar-refractivity contribution in [3.8, 4) is 0 Å². The predicted molar refractivity (Wildman–Crippen MR) is 80.8 cm³/mol. The van der Waals surface area contributed by atoms with E-state index in [1.807, 2.05) is 0 Å². The highest BCUT2D eigenvalue weighted by Crippen LogP contribution is 2.24. The van der Waals surface area contributed by atoms with Crippen molar-refractivity contribution < 1.29 is 9.59 Å². The Bertz CT molecular complexity index is 897. The summed E-state index contributed by atoms with van der Waals surface area (Å²) in [7, 11) is 0. The number of carbonyl (C=O) groups excluding carboxylic acids is 2. The van der Waals surface area contributed by atoms with Crippen molar-refractivity contribution in [1.29, 1.82) is 0 Å². The molecule has 0 fully saturated rings. The van der Waals surface area contributed by atoms with Gasteiger partial charge in [-0.05, 0) is 24.3 Å². The first-order chi connectivity index (χ1) is 10.6. The molecule has 0 aliphatic carbocycles. The number of nitrogens with zero attached hydrogens (tertiary/aromatic N) is 3. The highest BCUT2D eigenvalue weighted by Gasteiger charge is 2.35. The highest BCUT2D eigenvalue weighted by atomic mass is 35.5. The van der Waals surface area contributed by atoms with E-state index in [-0.39, 0.29) is 18.4 Å². The van der Waals surface area contributed by atoms with E-state index in [0.717, 1.165) is 5.65 Å². The Morgan fingerprint density at radius 3 is 2.32 bits per heavy atom. The van der Waals surface area contributed by atoms with E-state index < -0.39 is 0 Å². The first kappa shape index (κ1) is 13.0. The topological polar surface area (TPSA) is 54.7 Å². The molecule has 0 bridgehead atoms. The van der Waals surface area contributed by atoms with Crippen LogP contribution in [-0.4, -0.2) is 26.1 Å². The average molecular weight is 312 g/mol. The fourth-order valence-electron chi connectivity index (χ4n) is 2.64. The molecule has 22 heavy (non-hydrogen) atoms. The molecule has 108 valence electrons. The van der Waals surface area contributed by atoms with Gasteiger partial charge in [0.05, 0.1) is 28.4 Å². The fourth-order valence-corrected chi connectivity index (χ4v) is 2.81. The van der Waals surface area contributed by atoms with Crippen molar-refractivity contribution >= 4 is 29.1 Å². The monoisotopic (exact) mass is 311 g/mol. The molecule has 0 radical (unpaired) electrons. The second kappa shape index (κ2) is 4.68. The normalized spacial score (nSPS) is 14.0. The molecule has 1 aromatic carbocycles. The summed E-state index contributed by atoms with van der Waals surface area (Å²) in [4.78, 5) is 30.3. The first-order valence-electron chi connectivity index (χ1n) is 6.72. The maximum absolute atomic E-state index is 12.3. The van der Waals surface area contributed by atoms with Gasteiger partial charge in [0.2, 0.25) is 0 Å². The van der Waals surface area contributed by atoms with Crippen LogP contribution in [0.1, 0.15) is 26.4 Å². The number of halogens is 1. The number of hydrogen-bond donors (Lipinski definition) is 0. The van der Waals surface area contributed by atoms with Crippen LogP contribution in [0.15, 0.2) is 48.8 Å². The summed E-state index contributed by atoms with van der Waals surface area (Å²) in [6, 6.07) is 10.4. The van der Waals surface area contributed by atoms with Crippen molar-refractivity contribution in [3.05, 3.63) is 70.6 Å². The quantitative estimate of drug-likeness (QED) is 0.684. The Balaban J connectivity index is 1.69. The van der Waals surface area contributed by atoms with Crippen LogP contribution < -0.4 is 0 Å². The molecular weight excluding hydrogens is 302 g/mol. The van der Waals surface area contributed by atoms with Crippen molar-refractivity contribution in [2.24, 2.45) is 0 Å². The summed E-state index contributed by atoms with van der Waals surface area (Å²) in [5, 5.41) is 0.595. The average Bonchev–Trinajstić information content (AvgIpc) is 3.02. The predicted octanol–water partition coefficient (Wildman–Crippen LogP) is 2.78. The van der Waals surface area contributed by atoms with Crippen molar-refractivity contribution in [1.82, 2.24) is 14.3 Å². The van der Waals surface area contributed by atoms with Gasteiger partial charge in [-0.25, -0.2) is 4.98 Å². The van der Waals surface area contributed by atoms with Crippen molar-refractivity contribution in [2.45, 2.75) is 6.54 Å². The number of hydrogen-bond acceptors (Lipinski definition) is 3. The molecule has 0 spiro atoms. The lowest BCUT2D eigenvalue weighted by atomic mass is 10.1. The molecule has 2 aromatic heterocycles. The van der Waals surface area contributed by atoms with Crippen LogP contribution in [0.5, 0.6) is 0 Å². The summed E-state index contributed by atoms with van der Waals surface area (Å²) in [5.41, 5.74) is 2.24. The molecule has 2 amide bonds. The zero-order valence-electron chi connectivity index (χ0n) is 11.4. The van der Waals surface area contributed by atoms with Crippen LogP contribution in [-0.2, 0) is 6.54 Å². The van der Waals surface area contributed by atoms with E-state index in [1.165, 1.54) is 4.90 Å². The van der Waals surface area contributed by atoms with Gasteiger partial charge >= 0.3 is 0 Å². The Kier molecular flexibility index (Phi) is 2.77. The minimum atomic E-state index is -0.282. The molecule has 4 rings (SSSR count). The van der Waals surface area contributed by atoms with Crippen LogP contribution in [0.3, 0.4) is 0 Å². The summed E-state index contributed by atoms with van der Waals surface area (Å²) in [5.74, 6) is -0.564. The van der Waals surface area contributed by atoms with Gasteiger partial charge in [0.15, 0.2) is 0 Å². The molecule has 6 heteroatoms. The summed E-state index contributed by atoms with van der Waals surface area (Å²) < 4.78 is 1.77. The van der Waals surface area contributed by atoms with E-state index in [4.69, 9.17) is 11.6 Å². The smallest absolute Gasteiger partial charge is 0.261 e. The maximum atomic E-state index is 12.3. The van der Waals surface area contributed by atoms with Crippen LogP contribution >= 0.6 is 11.6 Å². The molecule has 0 saturated heterocycles. The zero-order valence-corrected chi connectivity index (χ0v) is 12.1. The number of imidazole rings is 1. The molecule has 5 nitrogen and oxygen atoms in total. The van der Waals surface area contributed by atoms with Crippen LogP contribution in [0.2, 0.25) is 5.02 Å². The highest BCUT2D eigenvalue weighted by molar-refractivity contribution is 6.30. The number of rotatable bonds is 2. The van der Waals surface area contributed by atoms with Crippen LogP contribution in [0.4, 0.5) is 0 Å². The number of amides is 2. The molecule has 0 N–H and O–H groups in total. The van der Waals surface area contributed by atoms with Gasteiger partial charge < -0.3 is 4.40 Å². The number of fused-ring (bicyclic) bond motifs is 2. The SMILES string of the molecule is O=C1c2ccccc2C(=O)N1Cc1cn2cc(Cl)ccc2n1. The third-order valence-corrected chi connectivity index (χ3v) is 3.89. The van der Waals surface area contributed by atoms with Crippen molar-refractivity contribution in [2.75, 3.05) is 0 Å². The van der Waals surface area contributed by atoms with Gasteiger partial charge in [-0.3, -0.25) is 14.5 Å². The lowest BCUT2D eigenvalue weighted by molar-refractivity contribution is 0.0640. The minimum absolute atomic E-state index is 0.144.